The molecule has 0 amide bonds. The molecular formula is C17H27NO3. The Balaban J connectivity index is 1.97. The molecule has 21 heavy (non-hydrogen) atoms. The molecule has 1 N–H and O–H groups in total. The number of ether oxygens (including phenoxy) is 3. The van der Waals surface area contributed by atoms with Gasteiger partial charge in [0.15, 0.2) is 11.5 Å². The van der Waals surface area contributed by atoms with E-state index in [-0.39, 0.29) is 12.1 Å². The maximum absolute atomic E-state index is 5.97. The number of hydrogen-bond acceptors (Lipinski definition) is 4. The molecule has 1 aliphatic heterocycles. The minimum absolute atomic E-state index is 0.162. The largest absolute Gasteiger partial charge is 0.486 e. The van der Waals surface area contributed by atoms with Crippen LogP contribution in [0, 0.1) is 5.92 Å². The number of nitrogens with one attached hydrogen (secondary N) is 1. The Morgan fingerprint density at radius 2 is 1.86 bits per heavy atom. The lowest BCUT2D eigenvalue weighted by molar-refractivity contribution is 0.0382. The smallest absolute Gasteiger partial charge is 0.161 e. The van der Waals surface area contributed by atoms with Gasteiger partial charge >= 0.3 is 0 Å². The Bertz CT molecular complexity index is 448. The predicted molar refractivity (Wildman–Crippen MR) is 84.1 cm³/mol. The topological polar surface area (TPSA) is 39.7 Å². The maximum atomic E-state index is 5.97. The summed E-state index contributed by atoms with van der Waals surface area (Å²) in [6, 6.07) is 6.26. The predicted octanol–water partition coefficient (Wildman–Crippen LogP) is 3.17. The lowest BCUT2D eigenvalue weighted by atomic mass is 10.1. The van der Waals surface area contributed by atoms with Crippen molar-refractivity contribution in [2.45, 2.75) is 39.3 Å². The van der Waals surface area contributed by atoms with Crippen molar-refractivity contribution in [2.24, 2.45) is 5.92 Å². The molecule has 0 bridgehead atoms. The van der Waals surface area contributed by atoms with Crippen LogP contribution in [-0.2, 0) is 4.74 Å². The molecule has 2 atom stereocenters. The molecule has 4 heteroatoms. The van der Waals surface area contributed by atoms with Crippen LogP contribution in [0.2, 0.25) is 0 Å². The number of rotatable bonds is 7. The standard InChI is InChI=1S/C17H27NO3/c1-12(2)9-13(3)21-11-15(18-4)14-5-6-16-17(10-14)20-8-7-19-16/h5-6,10,12-13,15,18H,7-9,11H2,1-4H3. The number of benzene rings is 1. The van der Waals surface area contributed by atoms with E-state index in [0.717, 1.165) is 17.9 Å². The molecule has 0 aliphatic carbocycles. The summed E-state index contributed by atoms with van der Waals surface area (Å²) >= 11 is 0. The van der Waals surface area contributed by atoms with E-state index in [1.54, 1.807) is 0 Å². The van der Waals surface area contributed by atoms with Gasteiger partial charge in [-0.3, -0.25) is 0 Å². The van der Waals surface area contributed by atoms with Gasteiger partial charge in [-0.2, -0.15) is 0 Å². The average molecular weight is 293 g/mol. The van der Waals surface area contributed by atoms with E-state index < -0.39 is 0 Å². The van der Waals surface area contributed by atoms with Crippen molar-refractivity contribution in [3.63, 3.8) is 0 Å². The van der Waals surface area contributed by atoms with Crippen molar-refractivity contribution in [3.8, 4) is 11.5 Å². The van der Waals surface area contributed by atoms with Gasteiger partial charge in [0.25, 0.3) is 0 Å². The molecule has 0 spiro atoms. The zero-order valence-electron chi connectivity index (χ0n) is 13.5. The molecule has 0 aromatic heterocycles. The van der Waals surface area contributed by atoms with E-state index in [1.165, 1.54) is 5.56 Å². The summed E-state index contributed by atoms with van der Waals surface area (Å²) in [5, 5.41) is 3.31. The Morgan fingerprint density at radius 1 is 1.14 bits per heavy atom. The molecule has 2 rings (SSSR count). The summed E-state index contributed by atoms with van der Waals surface area (Å²) < 4.78 is 17.2. The third-order valence-corrected chi connectivity index (χ3v) is 3.67. The van der Waals surface area contributed by atoms with E-state index in [9.17, 15) is 0 Å². The van der Waals surface area contributed by atoms with E-state index in [1.807, 2.05) is 19.2 Å². The molecule has 1 heterocycles. The van der Waals surface area contributed by atoms with Crippen LogP contribution in [0.15, 0.2) is 18.2 Å². The first-order valence-electron chi connectivity index (χ1n) is 7.78. The van der Waals surface area contributed by atoms with Gasteiger partial charge in [0.05, 0.1) is 18.8 Å². The minimum Gasteiger partial charge on any atom is -0.486 e. The molecule has 0 saturated heterocycles. The van der Waals surface area contributed by atoms with Crippen LogP contribution in [0.3, 0.4) is 0 Å². The first-order valence-corrected chi connectivity index (χ1v) is 7.78. The Morgan fingerprint density at radius 3 is 2.52 bits per heavy atom. The molecule has 0 radical (unpaired) electrons. The first-order chi connectivity index (χ1) is 10.1. The fourth-order valence-corrected chi connectivity index (χ4v) is 2.62. The number of hydrogen-bond donors (Lipinski definition) is 1. The molecular weight excluding hydrogens is 266 g/mol. The number of likely N-dealkylation sites (N-methyl/N-ethyl adjacent to an activating group) is 1. The summed E-state index contributed by atoms with van der Waals surface area (Å²) in [6.07, 6.45) is 1.36. The molecule has 4 nitrogen and oxygen atoms in total. The zero-order chi connectivity index (χ0) is 15.2. The second-order valence-electron chi connectivity index (χ2n) is 6.02. The van der Waals surface area contributed by atoms with Crippen LogP contribution in [0.5, 0.6) is 11.5 Å². The summed E-state index contributed by atoms with van der Waals surface area (Å²) in [7, 11) is 1.96. The van der Waals surface area contributed by atoms with Crippen molar-refractivity contribution >= 4 is 0 Å². The highest BCUT2D eigenvalue weighted by molar-refractivity contribution is 5.44. The summed E-state index contributed by atoms with van der Waals surface area (Å²) in [5.74, 6) is 2.31. The highest BCUT2D eigenvalue weighted by Crippen LogP contribution is 2.32. The van der Waals surface area contributed by atoms with Crippen LogP contribution in [0.25, 0.3) is 0 Å². The average Bonchev–Trinajstić information content (AvgIpc) is 2.47. The minimum atomic E-state index is 0.162. The van der Waals surface area contributed by atoms with E-state index >= 15 is 0 Å². The monoisotopic (exact) mass is 293 g/mol. The van der Waals surface area contributed by atoms with Crippen LogP contribution in [0.1, 0.15) is 38.8 Å². The molecule has 2 unspecified atom stereocenters. The van der Waals surface area contributed by atoms with Gasteiger partial charge in [-0.1, -0.05) is 19.9 Å². The van der Waals surface area contributed by atoms with E-state index in [2.05, 4.69) is 32.2 Å². The van der Waals surface area contributed by atoms with Gasteiger partial charge in [0.2, 0.25) is 0 Å². The Hall–Kier alpha value is -1.26. The van der Waals surface area contributed by atoms with Crippen LogP contribution in [0.4, 0.5) is 0 Å². The second kappa shape index (κ2) is 7.66. The molecule has 1 aromatic carbocycles. The molecule has 1 aliphatic rings. The first kappa shape index (κ1) is 16.1. The fourth-order valence-electron chi connectivity index (χ4n) is 2.62. The quantitative estimate of drug-likeness (QED) is 0.838. The van der Waals surface area contributed by atoms with Crippen molar-refractivity contribution in [2.75, 3.05) is 26.9 Å². The molecule has 118 valence electrons. The van der Waals surface area contributed by atoms with Gasteiger partial charge in [-0.05, 0) is 44.0 Å². The van der Waals surface area contributed by atoms with Crippen LogP contribution >= 0.6 is 0 Å². The lowest BCUT2D eigenvalue weighted by Gasteiger charge is -2.23. The van der Waals surface area contributed by atoms with Crippen molar-refractivity contribution in [1.82, 2.24) is 5.32 Å². The van der Waals surface area contributed by atoms with Gasteiger partial charge in [0.1, 0.15) is 13.2 Å². The SMILES string of the molecule is CNC(COC(C)CC(C)C)c1ccc2c(c1)OCCO2. The fraction of sp³-hybridized carbons (Fsp3) is 0.647. The highest BCUT2D eigenvalue weighted by atomic mass is 16.6. The molecule has 0 saturated carbocycles. The van der Waals surface area contributed by atoms with Crippen molar-refractivity contribution in [1.29, 1.82) is 0 Å². The van der Waals surface area contributed by atoms with Crippen molar-refractivity contribution < 1.29 is 14.2 Å². The van der Waals surface area contributed by atoms with Gasteiger partial charge in [0, 0.05) is 0 Å². The highest BCUT2D eigenvalue weighted by Gasteiger charge is 2.17. The van der Waals surface area contributed by atoms with Crippen LogP contribution in [-0.4, -0.2) is 33.0 Å². The second-order valence-corrected chi connectivity index (χ2v) is 6.02. The van der Waals surface area contributed by atoms with Crippen molar-refractivity contribution in [3.05, 3.63) is 23.8 Å². The van der Waals surface area contributed by atoms with Crippen LogP contribution < -0.4 is 14.8 Å². The van der Waals surface area contributed by atoms with E-state index in [4.69, 9.17) is 14.2 Å². The van der Waals surface area contributed by atoms with Gasteiger partial charge < -0.3 is 19.5 Å². The van der Waals surface area contributed by atoms with E-state index in [0.29, 0.717) is 25.7 Å². The molecule has 0 fully saturated rings. The molecule has 1 aromatic rings. The van der Waals surface area contributed by atoms with Gasteiger partial charge in [-0.25, -0.2) is 0 Å². The number of fused-ring (bicyclic) bond motifs is 1. The third kappa shape index (κ3) is 4.61. The summed E-state index contributed by atoms with van der Waals surface area (Å²) in [5.41, 5.74) is 1.17. The lowest BCUT2D eigenvalue weighted by Crippen LogP contribution is -2.25. The normalized spacial score (nSPS) is 16.8. The maximum Gasteiger partial charge on any atom is 0.161 e. The Labute approximate surface area is 127 Å². The third-order valence-electron chi connectivity index (χ3n) is 3.67. The summed E-state index contributed by atoms with van der Waals surface area (Å²) in [4.78, 5) is 0. The van der Waals surface area contributed by atoms with Gasteiger partial charge in [-0.15, -0.1) is 0 Å². The Kier molecular flexibility index (Phi) is 5.88. The zero-order valence-corrected chi connectivity index (χ0v) is 13.5. The summed E-state index contributed by atoms with van der Waals surface area (Å²) in [6.45, 7) is 8.47.